The summed E-state index contributed by atoms with van der Waals surface area (Å²) in [6, 6.07) is 5.94. The summed E-state index contributed by atoms with van der Waals surface area (Å²) in [6.07, 6.45) is 1.11. The molecule has 0 saturated heterocycles. The number of anilines is 1. The zero-order chi connectivity index (χ0) is 13.5. The highest BCUT2D eigenvalue weighted by atomic mass is 127. The Hall–Kier alpha value is -1.31. The standard InChI is InChI=1S/C12H15IN2O3/c1-2-5-10(11(16)17)15-12(18)14-9-7-4-3-6-8(9)13/h3-4,6-7,10H,2,5H2,1H3,(H,16,17)(H2,14,15,18)/t10-/m0/s1. The zero-order valence-electron chi connectivity index (χ0n) is 9.94. The van der Waals surface area contributed by atoms with E-state index in [0.717, 1.165) is 3.57 Å². The van der Waals surface area contributed by atoms with E-state index in [0.29, 0.717) is 18.5 Å². The fourth-order valence-corrected chi connectivity index (χ4v) is 1.95. The second kappa shape index (κ2) is 7.20. The lowest BCUT2D eigenvalue weighted by atomic mass is 10.2. The molecule has 3 N–H and O–H groups in total. The normalized spacial score (nSPS) is 11.7. The fourth-order valence-electron chi connectivity index (χ4n) is 1.43. The Labute approximate surface area is 119 Å². The van der Waals surface area contributed by atoms with Crippen molar-refractivity contribution in [2.24, 2.45) is 0 Å². The molecule has 1 atom stereocenters. The van der Waals surface area contributed by atoms with Crippen LogP contribution in [-0.2, 0) is 4.79 Å². The minimum absolute atomic E-state index is 0.411. The highest BCUT2D eigenvalue weighted by Gasteiger charge is 2.18. The molecule has 2 amide bonds. The SMILES string of the molecule is CCC[C@H](NC(=O)Nc1ccccc1I)C(=O)O. The van der Waals surface area contributed by atoms with Crippen molar-refractivity contribution in [2.45, 2.75) is 25.8 Å². The van der Waals surface area contributed by atoms with E-state index in [-0.39, 0.29) is 0 Å². The fraction of sp³-hybridized carbons (Fsp3) is 0.333. The lowest BCUT2D eigenvalue weighted by molar-refractivity contribution is -0.139. The molecule has 0 aromatic heterocycles. The second-order valence-corrected chi connectivity index (χ2v) is 4.92. The minimum Gasteiger partial charge on any atom is -0.480 e. The Morgan fingerprint density at radius 1 is 1.39 bits per heavy atom. The lowest BCUT2D eigenvalue weighted by Gasteiger charge is -2.14. The van der Waals surface area contributed by atoms with Crippen molar-refractivity contribution in [2.75, 3.05) is 5.32 Å². The largest absolute Gasteiger partial charge is 0.480 e. The molecule has 0 fully saturated rings. The topological polar surface area (TPSA) is 78.4 Å². The Morgan fingerprint density at radius 2 is 2.06 bits per heavy atom. The van der Waals surface area contributed by atoms with E-state index in [1.807, 2.05) is 19.1 Å². The molecule has 0 spiro atoms. The first-order chi connectivity index (χ1) is 8.54. The van der Waals surface area contributed by atoms with E-state index in [1.165, 1.54) is 0 Å². The van der Waals surface area contributed by atoms with Gasteiger partial charge in [-0.05, 0) is 41.1 Å². The van der Waals surface area contributed by atoms with Crippen LogP contribution in [0.5, 0.6) is 0 Å². The zero-order valence-corrected chi connectivity index (χ0v) is 12.1. The van der Waals surface area contributed by atoms with E-state index >= 15 is 0 Å². The summed E-state index contributed by atoms with van der Waals surface area (Å²) in [5.41, 5.74) is 0.663. The summed E-state index contributed by atoms with van der Waals surface area (Å²) in [4.78, 5) is 22.6. The molecule has 0 bridgehead atoms. The molecule has 0 aliphatic heterocycles. The van der Waals surface area contributed by atoms with Crippen LogP contribution < -0.4 is 10.6 Å². The van der Waals surface area contributed by atoms with Crippen LogP contribution in [0.25, 0.3) is 0 Å². The molecule has 0 radical (unpaired) electrons. The highest BCUT2D eigenvalue weighted by molar-refractivity contribution is 14.1. The minimum atomic E-state index is -1.02. The van der Waals surface area contributed by atoms with Crippen LogP contribution >= 0.6 is 22.6 Å². The van der Waals surface area contributed by atoms with Gasteiger partial charge < -0.3 is 15.7 Å². The van der Waals surface area contributed by atoms with E-state index in [1.54, 1.807) is 12.1 Å². The number of nitrogens with one attached hydrogen (secondary N) is 2. The summed E-state index contributed by atoms with van der Waals surface area (Å²) >= 11 is 2.10. The van der Waals surface area contributed by atoms with Gasteiger partial charge >= 0.3 is 12.0 Å². The summed E-state index contributed by atoms with van der Waals surface area (Å²) in [7, 11) is 0. The summed E-state index contributed by atoms with van der Waals surface area (Å²) in [6.45, 7) is 1.87. The molecule has 0 heterocycles. The van der Waals surface area contributed by atoms with Gasteiger partial charge in [0, 0.05) is 3.57 Å². The maximum Gasteiger partial charge on any atom is 0.326 e. The molecular weight excluding hydrogens is 347 g/mol. The number of amides is 2. The molecule has 6 heteroatoms. The number of para-hydroxylation sites is 1. The highest BCUT2D eigenvalue weighted by Crippen LogP contribution is 2.16. The third-order valence-corrected chi connectivity index (χ3v) is 3.24. The number of carboxylic acids is 1. The van der Waals surface area contributed by atoms with Crippen molar-refractivity contribution < 1.29 is 14.7 Å². The predicted molar refractivity (Wildman–Crippen MR) is 77.6 cm³/mol. The van der Waals surface area contributed by atoms with E-state index < -0.39 is 18.0 Å². The summed E-state index contributed by atoms with van der Waals surface area (Å²) < 4.78 is 0.896. The molecule has 1 aromatic carbocycles. The molecule has 0 aliphatic carbocycles. The van der Waals surface area contributed by atoms with E-state index in [9.17, 15) is 9.59 Å². The number of carboxylic acid groups (broad SMARTS) is 1. The van der Waals surface area contributed by atoms with Crippen LogP contribution in [0.1, 0.15) is 19.8 Å². The number of benzene rings is 1. The van der Waals surface area contributed by atoms with Gasteiger partial charge in [0.1, 0.15) is 6.04 Å². The molecule has 5 nitrogen and oxygen atoms in total. The first-order valence-electron chi connectivity index (χ1n) is 5.59. The summed E-state index contributed by atoms with van der Waals surface area (Å²) in [5.74, 6) is -1.02. The van der Waals surface area contributed by atoms with Gasteiger partial charge in [0.2, 0.25) is 0 Å². The first-order valence-corrected chi connectivity index (χ1v) is 6.67. The average Bonchev–Trinajstić information content (AvgIpc) is 2.31. The molecule has 1 aromatic rings. The Balaban J connectivity index is 2.61. The molecule has 0 saturated carbocycles. The van der Waals surface area contributed by atoms with Gasteiger partial charge in [-0.1, -0.05) is 25.5 Å². The Morgan fingerprint density at radius 3 is 2.61 bits per heavy atom. The number of rotatable bonds is 5. The third kappa shape index (κ3) is 4.52. The van der Waals surface area contributed by atoms with Crippen molar-refractivity contribution in [3.63, 3.8) is 0 Å². The molecule has 1 rings (SSSR count). The third-order valence-electron chi connectivity index (χ3n) is 2.30. The molecular formula is C12H15IN2O3. The van der Waals surface area contributed by atoms with Crippen LogP contribution in [0.3, 0.4) is 0 Å². The maximum atomic E-state index is 11.7. The monoisotopic (exact) mass is 362 g/mol. The second-order valence-electron chi connectivity index (χ2n) is 3.76. The summed E-state index contributed by atoms with van der Waals surface area (Å²) in [5, 5.41) is 14.0. The quantitative estimate of drug-likeness (QED) is 0.705. The molecule has 0 aliphatic rings. The Kier molecular flexibility index (Phi) is 5.90. The molecule has 0 unspecified atom stereocenters. The van der Waals surface area contributed by atoms with Gasteiger partial charge in [-0.2, -0.15) is 0 Å². The Bertz CT molecular complexity index is 437. The van der Waals surface area contributed by atoms with Crippen molar-refractivity contribution in [3.05, 3.63) is 27.8 Å². The van der Waals surface area contributed by atoms with Gasteiger partial charge in [0.05, 0.1) is 5.69 Å². The van der Waals surface area contributed by atoms with Crippen LogP contribution in [0, 0.1) is 3.57 Å². The first kappa shape index (κ1) is 14.7. The average molecular weight is 362 g/mol. The van der Waals surface area contributed by atoms with Gasteiger partial charge in [-0.25, -0.2) is 9.59 Å². The van der Waals surface area contributed by atoms with E-state index in [4.69, 9.17) is 5.11 Å². The maximum absolute atomic E-state index is 11.7. The molecule has 18 heavy (non-hydrogen) atoms. The molecule has 98 valence electrons. The smallest absolute Gasteiger partial charge is 0.326 e. The van der Waals surface area contributed by atoms with Gasteiger partial charge in [0.25, 0.3) is 0 Å². The predicted octanol–water partition coefficient (Wildman–Crippen LogP) is 2.67. The van der Waals surface area contributed by atoms with Crippen LogP contribution in [0.2, 0.25) is 0 Å². The number of carbonyl (C=O) groups excluding carboxylic acids is 1. The van der Waals surface area contributed by atoms with Crippen molar-refractivity contribution >= 4 is 40.3 Å². The lowest BCUT2D eigenvalue weighted by Crippen LogP contribution is -2.42. The van der Waals surface area contributed by atoms with Crippen molar-refractivity contribution in [3.8, 4) is 0 Å². The number of aliphatic carboxylic acids is 1. The number of hydrogen-bond donors (Lipinski definition) is 3. The van der Waals surface area contributed by atoms with Crippen molar-refractivity contribution in [1.82, 2.24) is 5.32 Å². The number of carbonyl (C=O) groups is 2. The number of hydrogen-bond acceptors (Lipinski definition) is 2. The van der Waals surface area contributed by atoms with E-state index in [2.05, 4.69) is 33.2 Å². The van der Waals surface area contributed by atoms with Gasteiger partial charge in [-0.3, -0.25) is 0 Å². The number of halogens is 1. The van der Waals surface area contributed by atoms with Crippen LogP contribution in [0.4, 0.5) is 10.5 Å². The van der Waals surface area contributed by atoms with Gasteiger partial charge in [-0.15, -0.1) is 0 Å². The van der Waals surface area contributed by atoms with Crippen LogP contribution in [-0.4, -0.2) is 23.1 Å². The number of urea groups is 1. The van der Waals surface area contributed by atoms with Gasteiger partial charge in [0.15, 0.2) is 0 Å². The van der Waals surface area contributed by atoms with Crippen LogP contribution in [0.15, 0.2) is 24.3 Å². The van der Waals surface area contributed by atoms with Crippen molar-refractivity contribution in [1.29, 1.82) is 0 Å².